The average Bonchev–Trinajstić information content (AvgIpc) is 2.17. The summed E-state index contributed by atoms with van der Waals surface area (Å²) in [5.41, 5.74) is 0. The van der Waals surface area contributed by atoms with Crippen molar-refractivity contribution in [2.45, 2.75) is 13.3 Å². The van der Waals surface area contributed by atoms with E-state index in [-0.39, 0.29) is 0 Å². The molecule has 0 amide bonds. The molecule has 0 N–H and O–H groups in total. The van der Waals surface area contributed by atoms with Gasteiger partial charge < -0.3 is 9.08 Å². The lowest BCUT2D eigenvalue weighted by molar-refractivity contribution is 0.121. The molecule has 1 aliphatic heterocycles. The van der Waals surface area contributed by atoms with E-state index < -0.39 is 0 Å². The standard InChI is InChI=1S/C9H20N2OS/c1-2-3-10-4-6-11(7-5-10)8-9-12-13/h13H,2-9H2,1H3. The van der Waals surface area contributed by atoms with Crippen molar-refractivity contribution in [3.05, 3.63) is 0 Å². The number of thiol groups is 1. The van der Waals surface area contributed by atoms with Gasteiger partial charge in [0.2, 0.25) is 0 Å². The predicted molar refractivity (Wildman–Crippen MR) is 58.1 cm³/mol. The molecule has 4 heteroatoms. The maximum atomic E-state index is 4.76. The first-order chi connectivity index (χ1) is 6.36. The lowest BCUT2D eigenvalue weighted by atomic mass is 10.3. The highest BCUT2D eigenvalue weighted by Crippen LogP contribution is 2.01. The number of hydrogen-bond donors (Lipinski definition) is 1. The Morgan fingerprint density at radius 1 is 1.08 bits per heavy atom. The smallest absolute Gasteiger partial charge is 0.0737 e. The summed E-state index contributed by atoms with van der Waals surface area (Å²) in [6, 6.07) is 0. The fourth-order valence-electron chi connectivity index (χ4n) is 1.72. The van der Waals surface area contributed by atoms with Crippen molar-refractivity contribution in [3.63, 3.8) is 0 Å². The van der Waals surface area contributed by atoms with E-state index in [1.807, 2.05) is 0 Å². The van der Waals surface area contributed by atoms with Crippen LogP contribution in [0.5, 0.6) is 0 Å². The van der Waals surface area contributed by atoms with Crippen LogP contribution in [0.4, 0.5) is 0 Å². The second-order valence-corrected chi connectivity index (χ2v) is 3.77. The van der Waals surface area contributed by atoms with Crippen molar-refractivity contribution in [1.29, 1.82) is 0 Å². The molecule has 0 unspecified atom stereocenters. The Kier molecular flexibility index (Phi) is 5.78. The molecule has 0 aromatic carbocycles. The lowest BCUT2D eigenvalue weighted by Gasteiger charge is -2.34. The van der Waals surface area contributed by atoms with Crippen LogP contribution in [0.2, 0.25) is 0 Å². The van der Waals surface area contributed by atoms with Gasteiger partial charge in [0.1, 0.15) is 0 Å². The van der Waals surface area contributed by atoms with E-state index in [2.05, 4.69) is 29.6 Å². The van der Waals surface area contributed by atoms with Crippen molar-refractivity contribution in [2.75, 3.05) is 45.9 Å². The molecule has 0 atom stereocenters. The van der Waals surface area contributed by atoms with Crippen molar-refractivity contribution in [2.24, 2.45) is 0 Å². The number of rotatable bonds is 5. The fraction of sp³-hybridized carbons (Fsp3) is 1.00. The van der Waals surface area contributed by atoms with Gasteiger partial charge in [-0.2, -0.15) is 0 Å². The summed E-state index contributed by atoms with van der Waals surface area (Å²) in [7, 11) is 0. The zero-order chi connectivity index (χ0) is 9.52. The molecule has 1 saturated heterocycles. The zero-order valence-corrected chi connectivity index (χ0v) is 9.30. The zero-order valence-electron chi connectivity index (χ0n) is 8.41. The normalized spacial score (nSPS) is 20.8. The van der Waals surface area contributed by atoms with Gasteiger partial charge in [-0.15, -0.1) is 0 Å². The molecule has 0 saturated carbocycles. The van der Waals surface area contributed by atoms with Crippen LogP contribution in [-0.2, 0) is 4.18 Å². The topological polar surface area (TPSA) is 15.7 Å². The largest absolute Gasteiger partial charge is 0.317 e. The van der Waals surface area contributed by atoms with Gasteiger partial charge in [-0.05, 0) is 25.9 Å². The second-order valence-electron chi connectivity index (χ2n) is 3.52. The molecule has 0 bridgehead atoms. The average molecular weight is 204 g/mol. The molecule has 0 spiro atoms. The molecule has 0 aliphatic carbocycles. The molecule has 1 rings (SSSR count). The van der Waals surface area contributed by atoms with Crippen molar-refractivity contribution < 1.29 is 4.18 Å². The molecule has 78 valence electrons. The maximum Gasteiger partial charge on any atom is 0.0737 e. The van der Waals surface area contributed by atoms with E-state index in [4.69, 9.17) is 4.18 Å². The molecule has 3 nitrogen and oxygen atoms in total. The van der Waals surface area contributed by atoms with E-state index in [1.165, 1.54) is 39.1 Å². The SMILES string of the molecule is CCCN1CCN(CCOS)CC1. The summed E-state index contributed by atoms with van der Waals surface area (Å²) in [4.78, 5) is 4.96. The molecule has 1 heterocycles. The summed E-state index contributed by atoms with van der Waals surface area (Å²) < 4.78 is 4.76. The van der Waals surface area contributed by atoms with E-state index in [0.29, 0.717) is 0 Å². The van der Waals surface area contributed by atoms with Crippen LogP contribution in [0.3, 0.4) is 0 Å². The Bertz CT molecular complexity index is 127. The highest BCUT2D eigenvalue weighted by atomic mass is 32.1. The summed E-state index contributed by atoms with van der Waals surface area (Å²) >= 11 is 3.73. The molecule has 13 heavy (non-hydrogen) atoms. The summed E-state index contributed by atoms with van der Waals surface area (Å²) in [5, 5.41) is 0. The van der Waals surface area contributed by atoms with Gasteiger partial charge in [0, 0.05) is 32.7 Å². The van der Waals surface area contributed by atoms with Crippen molar-refractivity contribution in [3.8, 4) is 0 Å². The van der Waals surface area contributed by atoms with Crippen LogP contribution in [0.25, 0.3) is 0 Å². The Labute approximate surface area is 86.7 Å². The minimum absolute atomic E-state index is 0.733. The predicted octanol–water partition coefficient (Wildman–Crippen LogP) is 0.875. The fourth-order valence-corrected chi connectivity index (χ4v) is 1.80. The van der Waals surface area contributed by atoms with E-state index in [1.54, 1.807) is 0 Å². The van der Waals surface area contributed by atoms with Crippen molar-refractivity contribution >= 4 is 12.9 Å². The quantitative estimate of drug-likeness (QED) is 0.529. The lowest BCUT2D eigenvalue weighted by Crippen LogP contribution is -2.47. The van der Waals surface area contributed by atoms with E-state index in [9.17, 15) is 0 Å². The minimum atomic E-state index is 0.733. The van der Waals surface area contributed by atoms with Gasteiger partial charge in [-0.25, -0.2) is 0 Å². The minimum Gasteiger partial charge on any atom is -0.317 e. The first-order valence-electron chi connectivity index (χ1n) is 5.08. The molecular weight excluding hydrogens is 184 g/mol. The Morgan fingerprint density at radius 3 is 2.08 bits per heavy atom. The molecular formula is C9H20N2OS. The van der Waals surface area contributed by atoms with E-state index >= 15 is 0 Å². The molecule has 1 fully saturated rings. The molecule has 0 aromatic rings. The maximum absolute atomic E-state index is 4.76. The van der Waals surface area contributed by atoms with Gasteiger partial charge in [0.25, 0.3) is 0 Å². The van der Waals surface area contributed by atoms with Crippen LogP contribution in [-0.4, -0.2) is 55.7 Å². The first-order valence-corrected chi connectivity index (χ1v) is 5.44. The molecule has 0 aromatic heterocycles. The second kappa shape index (κ2) is 6.65. The van der Waals surface area contributed by atoms with Crippen LogP contribution in [0, 0.1) is 0 Å². The number of nitrogens with zero attached hydrogens (tertiary/aromatic N) is 2. The summed E-state index contributed by atoms with van der Waals surface area (Å²) in [6.45, 7) is 10.0. The Hall–Kier alpha value is 0.230. The van der Waals surface area contributed by atoms with Crippen LogP contribution in [0.15, 0.2) is 0 Å². The van der Waals surface area contributed by atoms with Crippen LogP contribution in [0.1, 0.15) is 13.3 Å². The van der Waals surface area contributed by atoms with Gasteiger partial charge in [0.05, 0.1) is 6.61 Å². The highest BCUT2D eigenvalue weighted by molar-refractivity contribution is 7.75. The number of hydrogen-bond acceptors (Lipinski definition) is 4. The highest BCUT2D eigenvalue weighted by Gasteiger charge is 2.14. The van der Waals surface area contributed by atoms with Gasteiger partial charge >= 0.3 is 0 Å². The van der Waals surface area contributed by atoms with Gasteiger partial charge in [-0.1, -0.05) is 6.92 Å². The Balaban J connectivity index is 2.08. The molecule has 1 aliphatic rings. The Morgan fingerprint density at radius 2 is 1.62 bits per heavy atom. The van der Waals surface area contributed by atoms with Crippen LogP contribution >= 0.6 is 12.9 Å². The first kappa shape index (κ1) is 11.3. The van der Waals surface area contributed by atoms with Crippen LogP contribution < -0.4 is 0 Å². The summed E-state index contributed by atoms with van der Waals surface area (Å²) in [6.07, 6.45) is 1.26. The molecule has 0 radical (unpaired) electrons. The summed E-state index contributed by atoms with van der Waals surface area (Å²) in [5.74, 6) is 0. The third-order valence-electron chi connectivity index (χ3n) is 2.50. The van der Waals surface area contributed by atoms with Gasteiger partial charge in [0.15, 0.2) is 0 Å². The third-order valence-corrected chi connectivity index (χ3v) is 2.69. The van der Waals surface area contributed by atoms with Gasteiger partial charge in [-0.3, -0.25) is 4.90 Å². The van der Waals surface area contributed by atoms with E-state index in [0.717, 1.165) is 13.2 Å². The number of piperazine rings is 1. The van der Waals surface area contributed by atoms with Crippen molar-refractivity contribution in [1.82, 2.24) is 9.80 Å². The monoisotopic (exact) mass is 204 g/mol. The third kappa shape index (κ3) is 4.31.